The summed E-state index contributed by atoms with van der Waals surface area (Å²) in [5.74, 6) is -5.26. The van der Waals surface area contributed by atoms with Crippen LogP contribution in [0, 0.1) is 23.3 Å². The molecule has 3 nitrogen and oxygen atoms in total. The summed E-state index contributed by atoms with van der Waals surface area (Å²) in [7, 11) is 0. The minimum atomic E-state index is -1.36. The maximum atomic E-state index is 13.5. The summed E-state index contributed by atoms with van der Waals surface area (Å²) in [6.07, 6.45) is 0. The van der Waals surface area contributed by atoms with Gasteiger partial charge in [0.05, 0.1) is 5.71 Å². The Kier molecular flexibility index (Phi) is 4.55. The maximum absolute atomic E-state index is 13.5. The van der Waals surface area contributed by atoms with Crippen molar-refractivity contribution in [1.82, 2.24) is 0 Å². The highest BCUT2D eigenvalue weighted by Crippen LogP contribution is 2.15. The lowest BCUT2D eigenvalue weighted by molar-refractivity contribution is 0.0505. The maximum Gasteiger partial charge on any atom is 0.371 e. The van der Waals surface area contributed by atoms with Crippen molar-refractivity contribution in [3.05, 3.63) is 70.8 Å². The summed E-state index contributed by atoms with van der Waals surface area (Å²) in [5, 5.41) is 3.31. The van der Waals surface area contributed by atoms with E-state index in [1.165, 1.54) is 6.92 Å². The van der Waals surface area contributed by atoms with Gasteiger partial charge in [-0.05, 0) is 31.2 Å². The molecule has 0 heterocycles. The summed E-state index contributed by atoms with van der Waals surface area (Å²) >= 11 is 0. The highest BCUT2D eigenvalue weighted by molar-refractivity contribution is 5.99. The molecule has 0 atom stereocenters. The SMILES string of the molecule is C/C(=N/OC(=O)c1c(F)cccc1F)c1ccc(F)cc1F. The summed E-state index contributed by atoms with van der Waals surface area (Å²) in [4.78, 5) is 16.0. The van der Waals surface area contributed by atoms with Crippen molar-refractivity contribution < 1.29 is 27.2 Å². The van der Waals surface area contributed by atoms with E-state index in [9.17, 15) is 22.4 Å². The van der Waals surface area contributed by atoms with Crippen LogP contribution in [0.2, 0.25) is 0 Å². The molecule has 2 rings (SSSR count). The molecule has 0 aromatic heterocycles. The van der Waals surface area contributed by atoms with E-state index in [1.807, 2.05) is 0 Å². The third-order valence-electron chi connectivity index (χ3n) is 2.75. The van der Waals surface area contributed by atoms with E-state index in [4.69, 9.17) is 0 Å². The molecule has 7 heteroatoms. The van der Waals surface area contributed by atoms with Crippen LogP contribution in [-0.2, 0) is 4.84 Å². The fourth-order valence-electron chi connectivity index (χ4n) is 1.68. The number of hydrogen-bond acceptors (Lipinski definition) is 3. The Hall–Kier alpha value is -2.70. The quantitative estimate of drug-likeness (QED) is 0.374. The Balaban J connectivity index is 2.22. The zero-order valence-electron chi connectivity index (χ0n) is 11.2. The Morgan fingerprint density at radius 2 is 1.64 bits per heavy atom. The van der Waals surface area contributed by atoms with E-state index in [0.29, 0.717) is 6.07 Å². The molecule has 0 spiro atoms. The Bertz CT molecular complexity index is 739. The molecule has 0 aliphatic rings. The van der Waals surface area contributed by atoms with Gasteiger partial charge in [-0.2, -0.15) is 0 Å². The van der Waals surface area contributed by atoms with Gasteiger partial charge in [-0.1, -0.05) is 11.2 Å². The number of hydrogen-bond donors (Lipinski definition) is 0. The number of carbonyl (C=O) groups is 1. The average Bonchev–Trinajstić information content (AvgIpc) is 2.44. The zero-order valence-corrected chi connectivity index (χ0v) is 11.2. The van der Waals surface area contributed by atoms with Crippen LogP contribution in [0.15, 0.2) is 41.6 Å². The van der Waals surface area contributed by atoms with Gasteiger partial charge < -0.3 is 4.84 Å². The number of carbonyl (C=O) groups excluding carboxylic acids is 1. The molecule has 114 valence electrons. The summed E-state index contributed by atoms with van der Waals surface area (Å²) in [5.41, 5.74) is -1.11. The first kappa shape index (κ1) is 15.7. The molecule has 2 aromatic carbocycles. The lowest BCUT2D eigenvalue weighted by Gasteiger charge is -2.04. The molecule has 0 bridgehead atoms. The Morgan fingerprint density at radius 3 is 2.23 bits per heavy atom. The standard InChI is InChI=1S/C15H9F4NO2/c1-8(10-6-5-9(16)7-13(10)19)20-22-15(21)14-11(17)3-2-4-12(14)18/h2-7H,1H3/b20-8-. The molecule has 0 aliphatic carbocycles. The second-order valence-electron chi connectivity index (χ2n) is 4.28. The van der Waals surface area contributed by atoms with E-state index in [2.05, 4.69) is 9.99 Å². The van der Waals surface area contributed by atoms with Gasteiger partial charge in [0.25, 0.3) is 0 Å². The van der Waals surface area contributed by atoms with Crippen LogP contribution in [-0.4, -0.2) is 11.7 Å². The van der Waals surface area contributed by atoms with Gasteiger partial charge in [0.2, 0.25) is 0 Å². The third-order valence-corrected chi connectivity index (χ3v) is 2.75. The van der Waals surface area contributed by atoms with E-state index in [0.717, 1.165) is 30.3 Å². The van der Waals surface area contributed by atoms with Crippen LogP contribution in [0.4, 0.5) is 17.6 Å². The molecular formula is C15H9F4NO2. The molecule has 0 N–H and O–H groups in total. The number of nitrogens with zero attached hydrogens (tertiary/aromatic N) is 1. The van der Waals surface area contributed by atoms with Crippen LogP contribution in [0.3, 0.4) is 0 Å². The van der Waals surface area contributed by atoms with Crippen LogP contribution in [0.5, 0.6) is 0 Å². The van der Waals surface area contributed by atoms with Crippen molar-refractivity contribution in [2.75, 3.05) is 0 Å². The molecule has 2 aromatic rings. The normalized spacial score (nSPS) is 11.4. The highest BCUT2D eigenvalue weighted by atomic mass is 19.1. The summed E-state index contributed by atoms with van der Waals surface area (Å²) in [6.45, 7) is 1.29. The predicted molar refractivity (Wildman–Crippen MR) is 70.3 cm³/mol. The summed E-state index contributed by atoms with van der Waals surface area (Å²) in [6, 6.07) is 5.58. The Labute approximate surface area is 122 Å². The second-order valence-corrected chi connectivity index (χ2v) is 4.28. The lowest BCUT2D eigenvalue weighted by Crippen LogP contribution is -2.09. The minimum absolute atomic E-state index is 0.0948. The number of benzene rings is 2. The van der Waals surface area contributed by atoms with Crippen molar-refractivity contribution in [3.8, 4) is 0 Å². The molecule has 22 heavy (non-hydrogen) atoms. The van der Waals surface area contributed by atoms with Crippen LogP contribution in [0.1, 0.15) is 22.8 Å². The van der Waals surface area contributed by atoms with Gasteiger partial charge in [0.1, 0.15) is 28.8 Å². The second kappa shape index (κ2) is 6.38. The molecule has 0 radical (unpaired) electrons. The van der Waals surface area contributed by atoms with Crippen LogP contribution >= 0.6 is 0 Å². The van der Waals surface area contributed by atoms with Crippen LogP contribution in [0.25, 0.3) is 0 Å². The molecule has 0 amide bonds. The highest BCUT2D eigenvalue weighted by Gasteiger charge is 2.19. The molecule has 0 unspecified atom stereocenters. The van der Waals surface area contributed by atoms with Gasteiger partial charge in [0, 0.05) is 11.6 Å². The van der Waals surface area contributed by atoms with Gasteiger partial charge in [-0.15, -0.1) is 0 Å². The molecule has 0 saturated heterocycles. The fourth-order valence-corrected chi connectivity index (χ4v) is 1.68. The first-order valence-corrected chi connectivity index (χ1v) is 6.05. The number of oxime groups is 1. The van der Waals surface area contributed by atoms with Crippen molar-refractivity contribution in [2.24, 2.45) is 5.16 Å². The van der Waals surface area contributed by atoms with Crippen molar-refractivity contribution in [1.29, 1.82) is 0 Å². The van der Waals surface area contributed by atoms with Crippen LogP contribution < -0.4 is 0 Å². The smallest absolute Gasteiger partial charge is 0.312 e. The van der Waals surface area contributed by atoms with Crippen molar-refractivity contribution in [3.63, 3.8) is 0 Å². The monoisotopic (exact) mass is 311 g/mol. The average molecular weight is 311 g/mol. The molecule has 0 aliphatic heterocycles. The number of rotatable bonds is 3. The first-order chi connectivity index (χ1) is 10.4. The van der Waals surface area contributed by atoms with Gasteiger partial charge in [-0.3, -0.25) is 0 Å². The predicted octanol–water partition coefficient (Wildman–Crippen LogP) is 3.82. The largest absolute Gasteiger partial charge is 0.371 e. The zero-order chi connectivity index (χ0) is 16.3. The van der Waals surface area contributed by atoms with E-state index < -0.39 is 34.8 Å². The molecular weight excluding hydrogens is 302 g/mol. The minimum Gasteiger partial charge on any atom is -0.312 e. The Morgan fingerprint density at radius 1 is 1.00 bits per heavy atom. The van der Waals surface area contributed by atoms with E-state index >= 15 is 0 Å². The number of halogens is 4. The van der Waals surface area contributed by atoms with Gasteiger partial charge in [-0.25, -0.2) is 22.4 Å². The first-order valence-electron chi connectivity index (χ1n) is 6.05. The molecule has 0 fully saturated rings. The van der Waals surface area contributed by atoms with E-state index in [-0.39, 0.29) is 11.3 Å². The molecule has 0 saturated carbocycles. The lowest BCUT2D eigenvalue weighted by atomic mass is 10.1. The third kappa shape index (κ3) is 3.30. The summed E-state index contributed by atoms with van der Waals surface area (Å²) < 4.78 is 53.0. The van der Waals surface area contributed by atoms with Gasteiger partial charge in [0.15, 0.2) is 0 Å². The van der Waals surface area contributed by atoms with Crippen molar-refractivity contribution in [2.45, 2.75) is 6.92 Å². The fraction of sp³-hybridized carbons (Fsp3) is 0.0667. The topological polar surface area (TPSA) is 38.7 Å². The van der Waals surface area contributed by atoms with E-state index in [1.54, 1.807) is 0 Å². The van der Waals surface area contributed by atoms with Gasteiger partial charge >= 0.3 is 5.97 Å². The van der Waals surface area contributed by atoms with Crippen molar-refractivity contribution >= 4 is 11.7 Å².